The number of nitrogens with one attached hydrogen (secondary N) is 1. The Balaban J connectivity index is 1.89. The summed E-state index contributed by atoms with van der Waals surface area (Å²) in [4.78, 5) is 4.66. The van der Waals surface area contributed by atoms with Crippen LogP contribution in [0.15, 0.2) is 41.8 Å². The van der Waals surface area contributed by atoms with Crippen molar-refractivity contribution >= 4 is 22.2 Å². The zero-order valence-electron chi connectivity index (χ0n) is 12.8. The second-order valence-corrected chi connectivity index (χ2v) is 6.30. The lowest BCUT2D eigenvalue weighted by molar-refractivity contribution is 0.628. The highest BCUT2D eigenvalue weighted by Gasteiger charge is 2.11. The first kappa shape index (κ1) is 14.7. The minimum absolute atomic E-state index is 0.240. The fourth-order valence-electron chi connectivity index (χ4n) is 2.69. The monoisotopic (exact) mass is 312 g/mol. The van der Waals surface area contributed by atoms with Gasteiger partial charge in [-0.3, -0.25) is 0 Å². The van der Waals surface area contributed by atoms with Crippen molar-refractivity contribution in [1.29, 1.82) is 0 Å². The van der Waals surface area contributed by atoms with Gasteiger partial charge in [-0.25, -0.2) is 9.37 Å². The van der Waals surface area contributed by atoms with Crippen molar-refractivity contribution in [3.8, 4) is 11.3 Å². The second-order valence-electron chi connectivity index (χ2n) is 5.44. The second kappa shape index (κ2) is 5.89. The van der Waals surface area contributed by atoms with Crippen LogP contribution in [0.4, 0.5) is 15.2 Å². The Morgan fingerprint density at radius 3 is 2.27 bits per heavy atom. The van der Waals surface area contributed by atoms with Gasteiger partial charge in [0.15, 0.2) is 5.13 Å². The van der Waals surface area contributed by atoms with Crippen LogP contribution in [-0.4, -0.2) is 4.98 Å². The molecule has 0 atom stereocenters. The molecule has 0 unspecified atom stereocenters. The van der Waals surface area contributed by atoms with Gasteiger partial charge in [-0.1, -0.05) is 17.7 Å². The van der Waals surface area contributed by atoms with E-state index >= 15 is 0 Å². The van der Waals surface area contributed by atoms with Crippen LogP contribution in [0.2, 0.25) is 0 Å². The molecule has 0 aliphatic rings. The minimum Gasteiger partial charge on any atom is -0.332 e. The van der Waals surface area contributed by atoms with Crippen LogP contribution in [0.5, 0.6) is 0 Å². The van der Waals surface area contributed by atoms with Crippen LogP contribution in [0.25, 0.3) is 11.3 Å². The summed E-state index contributed by atoms with van der Waals surface area (Å²) in [6, 6.07) is 10.6. The van der Waals surface area contributed by atoms with E-state index in [2.05, 4.69) is 48.6 Å². The molecular weight excluding hydrogens is 295 g/mol. The lowest BCUT2D eigenvalue weighted by Crippen LogP contribution is -1.92. The van der Waals surface area contributed by atoms with Crippen molar-refractivity contribution in [3.63, 3.8) is 0 Å². The summed E-state index contributed by atoms with van der Waals surface area (Å²) < 4.78 is 12.9. The van der Waals surface area contributed by atoms with Gasteiger partial charge in [-0.2, -0.15) is 0 Å². The fraction of sp³-hybridized carbons (Fsp3) is 0.167. The van der Waals surface area contributed by atoms with Gasteiger partial charge in [0, 0.05) is 16.6 Å². The Morgan fingerprint density at radius 2 is 1.64 bits per heavy atom. The van der Waals surface area contributed by atoms with Crippen LogP contribution in [0, 0.1) is 26.6 Å². The summed E-state index contributed by atoms with van der Waals surface area (Å²) in [6.45, 7) is 6.33. The number of thiazole rings is 1. The van der Waals surface area contributed by atoms with Crippen molar-refractivity contribution < 1.29 is 4.39 Å². The Bertz CT molecular complexity index is 783. The first-order valence-electron chi connectivity index (χ1n) is 7.09. The Labute approximate surface area is 133 Å². The van der Waals surface area contributed by atoms with E-state index in [4.69, 9.17) is 0 Å². The molecule has 0 bridgehead atoms. The summed E-state index contributed by atoms with van der Waals surface area (Å²) in [5.74, 6) is -0.240. The van der Waals surface area contributed by atoms with E-state index in [1.165, 1.54) is 34.4 Å². The summed E-state index contributed by atoms with van der Waals surface area (Å²) >= 11 is 1.55. The minimum atomic E-state index is -0.240. The van der Waals surface area contributed by atoms with E-state index in [-0.39, 0.29) is 5.82 Å². The Kier molecular flexibility index (Phi) is 3.94. The molecule has 0 saturated carbocycles. The molecule has 1 heterocycles. The van der Waals surface area contributed by atoms with Gasteiger partial charge in [-0.05, 0) is 56.2 Å². The van der Waals surface area contributed by atoms with Crippen LogP contribution in [0.3, 0.4) is 0 Å². The number of nitrogens with zero attached hydrogens (tertiary/aromatic N) is 1. The number of rotatable bonds is 3. The number of hydrogen-bond donors (Lipinski definition) is 1. The van der Waals surface area contributed by atoms with Crippen molar-refractivity contribution in [2.75, 3.05) is 5.32 Å². The molecule has 1 N–H and O–H groups in total. The van der Waals surface area contributed by atoms with Gasteiger partial charge in [0.2, 0.25) is 0 Å². The Hall–Kier alpha value is -2.20. The van der Waals surface area contributed by atoms with Gasteiger partial charge in [-0.15, -0.1) is 11.3 Å². The zero-order valence-corrected chi connectivity index (χ0v) is 13.6. The van der Waals surface area contributed by atoms with Gasteiger partial charge < -0.3 is 5.32 Å². The normalized spacial score (nSPS) is 10.7. The maximum atomic E-state index is 12.9. The molecule has 0 spiro atoms. The highest BCUT2D eigenvalue weighted by atomic mass is 32.1. The third-order valence-corrected chi connectivity index (χ3v) is 4.29. The van der Waals surface area contributed by atoms with E-state index in [1.807, 2.05) is 0 Å². The topological polar surface area (TPSA) is 24.9 Å². The number of benzene rings is 2. The molecule has 0 saturated heterocycles. The highest BCUT2D eigenvalue weighted by molar-refractivity contribution is 7.14. The van der Waals surface area contributed by atoms with Crippen molar-refractivity contribution in [2.24, 2.45) is 0 Å². The number of anilines is 2. The molecule has 1 aromatic heterocycles. The van der Waals surface area contributed by atoms with E-state index in [0.29, 0.717) is 0 Å². The first-order chi connectivity index (χ1) is 10.5. The summed E-state index contributed by atoms with van der Waals surface area (Å²) in [6.07, 6.45) is 0. The van der Waals surface area contributed by atoms with Crippen LogP contribution in [0.1, 0.15) is 16.7 Å². The highest BCUT2D eigenvalue weighted by Crippen LogP contribution is 2.32. The fourth-order valence-corrected chi connectivity index (χ4v) is 3.41. The predicted octanol–water partition coefficient (Wildman–Crippen LogP) is 5.62. The molecule has 4 heteroatoms. The molecule has 0 aliphatic heterocycles. The largest absolute Gasteiger partial charge is 0.332 e. The van der Waals surface area contributed by atoms with E-state index < -0.39 is 0 Å². The van der Waals surface area contributed by atoms with Gasteiger partial charge >= 0.3 is 0 Å². The van der Waals surface area contributed by atoms with Crippen LogP contribution >= 0.6 is 11.3 Å². The number of halogens is 1. The molecule has 3 rings (SSSR count). The van der Waals surface area contributed by atoms with Crippen LogP contribution in [-0.2, 0) is 0 Å². The molecule has 0 aliphatic carbocycles. The molecule has 22 heavy (non-hydrogen) atoms. The number of aromatic nitrogens is 1. The molecule has 0 amide bonds. The predicted molar refractivity (Wildman–Crippen MR) is 91.4 cm³/mol. The lowest BCUT2D eigenvalue weighted by atomic mass is 9.98. The molecule has 112 valence electrons. The van der Waals surface area contributed by atoms with E-state index in [0.717, 1.165) is 16.5 Å². The van der Waals surface area contributed by atoms with Gasteiger partial charge in [0.05, 0.1) is 5.69 Å². The summed E-state index contributed by atoms with van der Waals surface area (Å²) in [5.41, 5.74) is 6.73. The molecule has 3 aromatic rings. The van der Waals surface area contributed by atoms with E-state index in [9.17, 15) is 4.39 Å². The van der Waals surface area contributed by atoms with Crippen LogP contribution < -0.4 is 5.32 Å². The SMILES string of the molecule is Cc1cc(C)c(-c2csc(Nc3ccc(F)cc3)n2)c(C)c1. The number of aryl methyl sites for hydroxylation is 3. The van der Waals surface area contributed by atoms with Gasteiger partial charge in [0.25, 0.3) is 0 Å². The molecule has 2 aromatic carbocycles. The first-order valence-corrected chi connectivity index (χ1v) is 7.97. The standard InChI is InChI=1S/C18H17FN2S/c1-11-8-12(2)17(13(3)9-11)16-10-22-18(21-16)20-15-6-4-14(19)5-7-15/h4-10H,1-3H3,(H,20,21). The van der Waals surface area contributed by atoms with E-state index in [1.54, 1.807) is 23.5 Å². The Morgan fingerprint density at radius 1 is 1.00 bits per heavy atom. The lowest BCUT2D eigenvalue weighted by Gasteiger charge is -2.08. The van der Waals surface area contributed by atoms with Gasteiger partial charge in [0.1, 0.15) is 5.82 Å². The van der Waals surface area contributed by atoms with Crippen molar-refractivity contribution in [2.45, 2.75) is 20.8 Å². The summed E-state index contributed by atoms with van der Waals surface area (Å²) in [7, 11) is 0. The average Bonchev–Trinajstić information content (AvgIpc) is 2.88. The maximum Gasteiger partial charge on any atom is 0.187 e. The maximum absolute atomic E-state index is 12.9. The third-order valence-electron chi connectivity index (χ3n) is 3.53. The quantitative estimate of drug-likeness (QED) is 0.679. The van der Waals surface area contributed by atoms with Crippen molar-refractivity contribution in [3.05, 3.63) is 64.3 Å². The number of hydrogen-bond acceptors (Lipinski definition) is 3. The average molecular weight is 312 g/mol. The molecule has 0 fully saturated rings. The molecule has 0 radical (unpaired) electrons. The zero-order chi connectivity index (χ0) is 15.7. The summed E-state index contributed by atoms with van der Waals surface area (Å²) in [5, 5.41) is 6.07. The van der Waals surface area contributed by atoms with Crippen molar-refractivity contribution in [1.82, 2.24) is 4.98 Å². The third kappa shape index (κ3) is 3.02. The smallest absolute Gasteiger partial charge is 0.187 e. The molecular formula is C18H17FN2S. The molecule has 2 nitrogen and oxygen atoms in total.